The second-order valence-electron chi connectivity index (χ2n) is 14.5. The summed E-state index contributed by atoms with van der Waals surface area (Å²) in [6.45, 7) is 8.52. The van der Waals surface area contributed by atoms with Gasteiger partial charge in [-0.2, -0.15) is 0 Å². The van der Waals surface area contributed by atoms with Crippen LogP contribution in [0.1, 0.15) is 6.42 Å². The SMILES string of the molecule is Fc1cccc2c1OCCCN2c1ncc(Oc2cccc(N3CCOCC3)c2)cn1.Fc1cccc2c1OCCN2c1ccc(Oc2cccc(N3CCOCC3)c2)cn1. The van der Waals surface area contributed by atoms with Crippen molar-refractivity contribution in [1.29, 1.82) is 0 Å². The zero-order valence-corrected chi connectivity index (χ0v) is 33.5. The summed E-state index contributed by atoms with van der Waals surface area (Å²) < 4.78 is 62.1. The van der Waals surface area contributed by atoms with Crippen LogP contribution in [0.4, 0.5) is 43.3 Å². The van der Waals surface area contributed by atoms with Crippen LogP contribution in [0.3, 0.4) is 0 Å². The Labute approximate surface area is 352 Å². The summed E-state index contributed by atoms with van der Waals surface area (Å²) in [5.74, 6) is 3.62. The number of benzene rings is 4. The van der Waals surface area contributed by atoms with E-state index in [0.717, 1.165) is 87.7 Å². The molecule has 0 aliphatic carbocycles. The highest BCUT2D eigenvalue weighted by Gasteiger charge is 2.24. The van der Waals surface area contributed by atoms with Gasteiger partial charge in [0.05, 0.1) is 69.5 Å². The van der Waals surface area contributed by atoms with E-state index < -0.39 is 0 Å². The number of morpholine rings is 2. The number of fused-ring (bicyclic) bond motifs is 2. The van der Waals surface area contributed by atoms with Crippen molar-refractivity contribution in [2.75, 3.05) is 98.5 Å². The van der Waals surface area contributed by atoms with Crippen LogP contribution in [-0.4, -0.2) is 93.9 Å². The van der Waals surface area contributed by atoms with Crippen LogP contribution < -0.4 is 38.5 Å². The van der Waals surface area contributed by atoms with Crippen molar-refractivity contribution in [3.8, 4) is 34.5 Å². The van der Waals surface area contributed by atoms with Gasteiger partial charge in [0, 0.05) is 56.2 Å². The second kappa shape index (κ2) is 18.7. The van der Waals surface area contributed by atoms with E-state index in [-0.39, 0.29) is 23.1 Å². The first-order valence-electron chi connectivity index (χ1n) is 20.4. The van der Waals surface area contributed by atoms with Gasteiger partial charge >= 0.3 is 0 Å². The molecule has 0 spiro atoms. The first-order chi connectivity index (χ1) is 30.1. The predicted molar refractivity (Wildman–Crippen MR) is 228 cm³/mol. The lowest BCUT2D eigenvalue weighted by atomic mass is 10.2. The Kier molecular flexibility index (Phi) is 12.2. The first kappa shape index (κ1) is 39.7. The molecule has 61 heavy (non-hydrogen) atoms. The summed E-state index contributed by atoms with van der Waals surface area (Å²) in [4.78, 5) is 21.8. The molecule has 4 aliphatic heterocycles. The summed E-state index contributed by atoms with van der Waals surface area (Å²) in [6.07, 6.45) is 5.69. The standard InChI is InChI=1S/C23H23FN4O3.C23H22FN3O3/c24-20-6-2-7-21-22(20)30-11-3-8-28(21)23-25-15-19(16-26-23)31-18-5-1-4-17(14-18)27-9-12-29-13-10-27;24-20-5-2-6-21-23(20)29-14-11-27(21)22-8-7-19(16-25-22)30-18-4-1-3-17(15-18)26-9-12-28-13-10-26/h1-2,4-7,14-16H,3,8-13H2;1-8,15-16H,9-14H2. The maximum Gasteiger partial charge on any atom is 0.230 e. The van der Waals surface area contributed by atoms with Crippen molar-refractivity contribution < 1.29 is 37.2 Å². The summed E-state index contributed by atoms with van der Waals surface area (Å²) in [6, 6.07) is 29.5. The van der Waals surface area contributed by atoms with Gasteiger partial charge in [-0.25, -0.2) is 23.7 Å². The number of nitrogens with zero attached hydrogens (tertiary/aromatic N) is 7. The van der Waals surface area contributed by atoms with Gasteiger partial charge in [-0.1, -0.05) is 24.3 Å². The molecular formula is C46H45F2N7O6. The number of ether oxygens (including phenoxy) is 6. The van der Waals surface area contributed by atoms with Crippen LogP contribution in [0.5, 0.6) is 34.5 Å². The van der Waals surface area contributed by atoms with E-state index in [9.17, 15) is 8.78 Å². The highest BCUT2D eigenvalue weighted by Crippen LogP contribution is 2.39. The van der Waals surface area contributed by atoms with Crippen molar-refractivity contribution in [2.24, 2.45) is 0 Å². The predicted octanol–water partition coefficient (Wildman–Crippen LogP) is 8.55. The van der Waals surface area contributed by atoms with Gasteiger partial charge in [0.25, 0.3) is 0 Å². The molecule has 4 aromatic carbocycles. The Hall–Kier alpha value is -6.71. The van der Waals surface area contributed by atoms with Crippen molar-refractivity contribution in [1.82, 2.24) is 15.0 Å². The van der Waals surface area contributed by atoms with Gasteiger partial charge < -0.3 is 48.0 Å². The largest absolute Gasteiger partial charge is 0.488 e. The molecule has 13 nitrogen and oxygen atoms in total. The van der Waals surface area contributed by atoms with Crippen molar-refractivity contribution in [3.63, 3.8) is 0 Å². The smallest absolute Gasteiger partial charge is 0.230 e. The minimum atomic E-state index is -0.385. The van der Waals surface area contributed by atoms with Gasteiger partial charge in [0.2, 0.25) is 5.95 Å². The quantitative estimate of drug-likeness (QED) is 0.146. The maximum absolute atomic E-state index is 14.2. The summed E-state index contributed by atoms with van der Waals surface area (Å²) in [5, 5.41) is 0. The molecule has 0 bridgehead atoms. The lowest BCUT2D eigenvalue weighted by molar-refractivity contribution is 0.122. The molecule has 10 rings (SSSR count). The number of hydrogen-bond acceptors (Lipinski definition) is 13. The fourth-order valence-corrected chi connectivity index (χ4v) is 7.52. The molecule has 4 aliphatic rings. The molecule has 0 radical (unpaired) electrons. The van der Waals surface area contributed by atoms with Crippen molar-refractivity contribution in [2.45, 2.75) is 6.42 Å². The molecule has 2 fully saturated rings. The van der Waals surface area contributed by atoms with Gasteiger partial charge in [-0.3, -0.25) is 0 Å². The third kappa shape index (κ3) is 9.37. The number of anilines is 6. The Morgan fingerprint density at radius 2 is 1.02 bits per heavy atom. The fourth-order valence-electron chi connectivity index (χ4n) is 7.52. The Morgan fingerprint density at radius 3 is 1.61 bits per heavy atom. The van der Waals surface area contributed by atoms with Crippen LogP contribution in [-0.2, 0) is 9.47 Å². The third-order valence-electron chi connectivity index (χ3n) is 10.5. The number of aromatic nitrogens is 3. The molecule has 0 saturated carbocycles. The molecule has 6 aromatic rings. The van der Waals surface area contributed by atoms with Gasteiger partial charge in [0.1, 0.15) is 29.7 Å². The van der Waals surface area contributed by atoms with Crippen molar-refractivity contribution in [3.05, 3.63) is 127 Å². The highest BCUT2D eigenvalue weighted by atomic mass is 19.1. The Bertz CT molecular complexity index is 2400. The number of pyridine rings is 1. The van der Waals surface area contributed by atoms with Crippen LogP contribution in [0.2, 0.25) is 0 Å². The van der Waals surface area contributed by atoms with Gasteiger partial charge in [-0.15, -0.1) is 0 Å². The Morgan fingerprint density at radius 1 is 0.475 bits per heavy atom. The second-order valence-corrected chi connectivity index (χ2v) is 14.5. The van der Waals surface area contributed by atoms with Gasteiger partial charge in [-0.05, 0) is 67.1 Å². The molecule has 0 atom stereocenters. The highest BCUT2D eigenvalue weighted by molar-refractivity contribution is 5.69. The number of halogens is 2. The third-order valence-corrected chi connectivity index (χ3v) is 10.5. The molecule has 0 amide bonds. The molecule has 6 heterocycles. The molecule has 0 N–H and O–H groups in total. The van der Waals surface area contributed by atoms with Crippen LogP contribution in [0, 0.1) is 11.6 Å². The molecule has 0 unspecified atom stereocenters. The zero-order valence-electron chi connectivity index (χ0n) is 33.5. The van der Waals surface area contributed by atoms with E-state index in [1.54, 1.807) is 30.7 Å². The van der Waals surface area contributed by atoms with Crippen LogP contribution in [0.15, 0.2) is 116 Å². The van der Waals surface area contributed by atoms with Crippen LogP contribution in [0.25, 0.3) is 0 Å². The molecule has 2 saturated heterocycles. The zero-order chi connectivity index (χ0) is 41.4. The van der Waals surface area contributed by atoms with Gasteiger partial charge in [0.15, 0.2) is 28.9 Å². The Balaban J connectivity index is 0.000000156. The van der Waals surface area contributed by atoms with Crippen LogP contribution >= 0.6 is 0 Å². The molecule has 2 aromatic heterocycles. The number of para-hydroxylation sites is 2. The molecule has 15 heteroatoms. The maximum atomic E-state index is 14.2. The van der Waals surface area contributed by atoms with E-state index in [4.69, 9.17) is 28.4 Å². The minimum absolute atomic E-state index is 0.240. The summed E-state index contributed by atoms with van der Waals surface area (Å²) in [5.41, 5.74) is 3.53. The average Bonchev–Trinajstić information content (AvgIpc) is 3.54. The van der Waals surface area contributed by atoms with E-state index >= 15 is 0 Å². The monoisotopic (exact) mass is 829 g/mol. The summed E-state index contributed by atoms with van der Waals surface area (Å²) in [7, 11) is 0. The fraction of sp³-hybridized carbons (Fsp3) is 0.283. The lowest BCUT2D eigenvalue weighted by Crippen LogP contribution is -2.36. The van der Waals surface area contributed by atoms with E-state index in [1.165, 1.54) is 12.1 Å². The molecular weight excluding hydrogens is 785 g/mol. The van der Waals surface area contributed by atoms with E-state index in [2.05, 4.69) is 36.9 Å². The lowest BCUT2D eigenvalue weighted by Gasteiger charge is -2.30. The number of rotatable bonds is 8. The minimum Gasteiger partial charge on any atom is -0.488 e. The average molecular weight is 830 g/mol. The molecule has 314 valence electrons. The topological polar surface area (TPSA) is 107 Å². The summed E-state index contributed by atoms with van der Waals surface area (Å²) >= 11 is 0. The van der Waals surface area contributed by atoms with E-state index in [0.29, 0.717) is 55.1 Å². The van der Waals surface area contributed by atoms with E-state index in [1.807, 2.05) is 70.5 Å². The number of hydrogen-bond donors (Lipinski definition) is 0. The first-order valence-corrected chi connectivity index (χ1v) is 20.4. The normalized spacial score (nSPS) is 16.2. The van der Waals surface area contributed by atoms with Crippen molar-refractivity contribution >= 4 is 34.5 Å².